The number of oxime groups is 1. The molecule has 0 bridgehead atoms. The molecule has 2 aromatic rings. The van der Waals surface area contributed by atoms with Gasteiger partial charge in [0.1, 0.15) is 5.60 Å². The molecule has 1 aliphatic rings. The first kappa shape index (κ1) is 35.3. The van der Waals surface area contributed by atoms with E-state index in [1.54, 1.807) is 0 Å². The van der Waals surface area contributed by atoms with Crippen molar-refractivity contribution in [2.45, 2.75) is 76.9 Å². The molecule has 0 unspecified atom stereocenters. The van der Waals surface area contributed by atoms with Crippen LogP contribution in [-0.2, 0) is 39.4 Å². The van der Waals surface area contributed by atoms with Crippen LogP contribution in [0, 0.1) is 0 Å². The van der Waals surface area contributed by atoms with Crippen LogP contribution in [0.1, 0.15) is 63.8 Å². The number of aromatic nitrogens is 2. The Morgan fingerprint density at radius 1 is 1.17 bits per heavy atom. The third-order valence-electron chi connectivity index (χ3n) is 5.67. The van der Waals surface area contributed by atoms with Gasteiger partial charge in [0, 0.05) is 32.3 Å². The van der Waals surface area contributed by atoms with E-state index in [-0.39, 0.29) is 11.7 Å². The molecule has 0 aliphatic carbocycles. The van der Waals surface area contributed by atoms with Crippen molar-refractivity contribution in [2.24, 2.45) is 12.2 Å². The lowest BCUT2D eigenvalue weighted by Gasteiger charge is -2.20. The second-order valence-corrected chi connectivity index (χ2v) is 12.8. The molecule has 0 N–H and O–H groups in total. The summed E-state index contributed by atoms with van der Waals surface area (Å²) in [4.78, 5) is 18.8. The van der Waals surface area contributed by atoms with Crippen molar-refractivity contribution in [3.8, 4) is 5.88 Å². The smallest absolute Gasteiger partial charge is 0.417 e. The van der Waals surface area contributed by atoms with Gasteiger partial charge in [-0.05, 0) is 32.3 Å². The molecule has 1 amide bonds. The van der Waals surface area contributed by atoms with Crippen LogP contribution in [0.2, 0.25) is 0 Å². The molecular formula is C26H35F5N4O5S2. The second-order valence-electron chi connectivity index (χ2n) is 9.93. The van der Waals surface area contributed by atoms with Gasteiger partial charge in [-0.1, -0.05) is 61.1 Å². The topological polar surface area (TPSA) is 103 Å². The van der Waals surface area contributed by atoms with E-state index in [0.29, 0.717) is 4.68 Å². The minimum atomic E-state index is -5.06. The van der Waals surface area contributed by atoms with Crippen molar-refractivity contribution in [2.75, 3.05) is 13.1 Å². The summed E-state index contributed by atoms with van der Waals surface area (Å²) in [5.41, 5.74) is -2.36. The van der Waals surface area contributed by atoms with Gasteiger partial charge in [-0.3, -0.25) is 4.79 Å². The van der Waals surface area contributed by atoms with Crippen molar-refractivity contribution < 1.29 is 44.7 Å². The molecule has 2 heterocycles. The molecule has 0 spiro atoms. The summed E-state index contributed by atoms with van der Waals surface area (Å²) < 4.78 is 93.4. The number of rotatable bonds is 10. The maximum atomic E-state index is 13.1. The van der Waals surface area contributed by atoms with Crippen LogP contribution >= 0.6 is 11.8 Å². The van der Waals surface area contributed by atoms with Gasteiger partial charge in [-0.15, -0.1) is 0 Å². The zero-order chi connectivity index (χ0) is 31.7. The average Bonchev–Trinajstić information content (AvgIpc) is 3.42. The molecule has 0 atom stereocenters. The quantitative estimate of drug-likeness (QED) is 0.268. The van der Waals surface area contributed by atoms with E-state index >= 15 is 0 Å². The fraction of sp³-hybridized carbons (Fsp3) is 0.577. The van der Waals surface area contributed by atoms with Gasteiger partial charge in [0.25, 0.3) is 5.24 Å². The Hall–Kier alpha value is -2.88. The zero-order valence-electron chi connectivity index (χ0n) is 24.0. The van der Waals surface area contributed by atoms with Gasteiger partial charge >= 0.3 is 12.8 Å². The summed E-state index contributed by atoms with van der Waals surface area (Å²) in [7, 11) is -3.43. The molecule has 42 heavy (non-hydrogen) atoms. The second kappa shape index (κ2) is 15.0. The molecule has 1 aromatic carbocycles. The Morgan fingerprint density at radius 3 is 2.24 bits per heavy atom. The van der Waals surface area contributed by atoms with E-state index in [9.17, 15) is 35.2 Å². The minimum Gasteiger partial charge on any atom is -0.417 e. The van der Waals surface area contributed by atoms with Crippen molar-refractivity contribution in [1.82, 2.24) is 14.7 Å². The molecule has 1 aromatic heterocycles. The van der Waals surface area contributed by atoms with Crippen LogP contribution in [0.25, 0.3) is 0 Å². The maximum Gasteiger partial charge on any atom is 0.435 e. The maximum absolute atomic E-state index is 13.1. The predicted octanol–water partition coefficient (Wildman–Crippen LogP) is 6.63. The number of aryl methyl sites for hydroxylation is 1. The lowest BCUT2D eigenvalue weighted by molar-refractivity contribution is -0.142. The van der Waals surface area contributed by atoms with E-state index in [2.05, 4.69) is 41.0 Å². The summed E-state index contributed by atoms with van der Waals surface area (Å²) in [6.45, 7) is 5.58. The van der Waals surface area contributed by atoms with Crippen LogP contribution in [0.5, 0.6) is 5.88 Å². The number of sulfone groups is 1. The summed E-state index contributed by atoms with van der Waals surface area (Å²) in [5, 5.41) is 6.18. The van der Waals surface area contributed by atoms with Crippen LogP contribution in [-0.4, -0.2) is 58.7 Å². The number of nitrogens with zero attached hydrogens (tertiary/aromatic N) is 4. The van der Waals surface area contributed by atoms with Crippen molar-refractivity contribution >= 4 is 31.9 Å². The van der Waals surface area contributed by atoms with Gasteiger partial charge in [0.15, 0.2) is 20.6 Å². The number of thioether (sulfide) groups is 1. The molecule has 9 nitrogen and oxygen atoms in total. The first-order chi connectivity index (χ1) is 19.5. The molecular weight excluding hydrogens is 607 g/mol. The Morgan fingerprint density at radius 2 is 1.76 bits per heavy atom. The first-order valence-corrected chi connectivity index (χ1v) is 15.7. The lowest BCUT2D eigenvalue weighted by atomic mass is 10.1. The fourth-order valence-corrected chi connectivity index (χ4v) is 6.20. The highest BCUT2D eigenvalue weighted by Crippen LogP contribution is 2.38. The zero-order valence-corrected chi connectivity index (χ0v) is 25.6. The van der Waals surface area contributed by atoms with Crippen LogP contribution in [0.3, 0.4) is 0 Å². The van der Waals surface area contributed by atoms with Crippen LogP contribution in [0.4, 0.5) is 26.7 Å². The molecule has 1 aliphatic heterocycles. The largest absolute Gasteiger partial charge is 0.435 e. The van der Waals surface area contributed by atoms with E-state index in [1.165, 1.54) is 31.2 Å². The van der Waals surface area contributed by atoms with Crippen molar-refractivity contribution in [3.63, 3.8) is 0 Å². The van der Waals surface area contributed by atoms with Gasteiger partial charge in [-0.25, -0.2) is 13.1 Å². The Labute approximate surface area is 246 Å². The monoisotopic (exact) mass is 642 g/mol. The number of carbonyl (C=O) groups excluding carboxylic acids is 1. The first-order valence-electron chi connectivity index (χ1n) is 13.0. The highest BCUT2D eigenvalue weighted by molar-refractivity contribution is 8.12. The summed E-state index contributed by atoms with van der Waals surface area (Å²) in [6.07, 6.45) is -3.17. The molecule has 236 valence electrons. The minimum absolute atomic E-state index is 0.165. The number of benzene rings is 1. The summed E-state index contributed by atoms with van der Waals surface area (Å²) in [6, 6.07) is 10.1. The number of hydrogen-bond donors (Lipinski definition) is 0. The normalized spacial score (nSPS) is 14.6. The number of alkyl halides is 5. The third-order valence-corrected chi connectivity index (χ3v) is 8.26. The molecule has 0 saturated heterocycles. The van der Waals surface area contributed by atoms with E-state index in [0.717, 1.165) is 38.7 Å². The number of carbonyl (C=O) groups is 1. The van der Waals surface area contributed by atoms with Gasteiger partial charge in [-0.2, -0.15) is 27.1 Å². The van der Waals surface area contributed by atoms with Crippen LogP contribution in [0.15, 0.2) is 35.5 Å². The van der Waals surface area contributed by atoms with Crippen molar-refractivity contribution in [1.29, 1.82) is 0 Å². The van der Waals surface area contributed by atoms with Crippen LogP contribution < -0.4 is 4.74 Å². The average molecular weight is 643 g/mol. The fourth-order valence-electron chi connectivity index (χ4n) is 3.83. The molecule has 3 rings (SSSR count). The van der Waals surface area contributed by atoms with Gasteiger partial charge < -0.3 is 14.5 Å². The molecule has 0 saturated carbocycles. The third kappa shape index (κ3) is 10.4. The van der Waals surface area contributed by atoms with E-state index in [4.69, 9.17) is 4.84 Å². The molecule has 16 heteroatoms. The number of ether oxygens (including phenoxy) is 1. The molecule has 0 fully saturated rings. The number of amides is 1. The lowest BCUT2D eigenvalue weighted by Crippen LogP contribution is -2.29. The summed E-state index contributed by atoms with van der Waals surface area (Å²) >= 11 is 1.40. The highest BCUT2D eigenvalue weighted by Gasteiger charge is 2.43. The number of hydrogen-bond acceptors (Lipinski definition) is 8. The highest BCUT2D eigenvalue weighted by atomic mass is 32.2. The Bertz CT molecular complexity index is 1310. The van der Waals surface area contributed by atoms with Gasteiger partial charge in [0.05, 0.1) is 11.3 Å². The van der Waals surface area contributed by atoms with E-state index < -0.39 is 56.2 Å². The van der Waals surface area contributed by atoms with E-state index in [1.807, 2.05) is 23.1 Å². The Balaban J connectivity index is 0.000000317. The number of halogens is 5. The molecule has 0 radical (unpaired) electrons. The van der Waals surface area contributed by atoms with Gasteiger partial charge in [0.2, 0.25) is 5.88 Å². The van der Waals surface area contributed by atoms with Crippen molar-refractivity contribution in [3.05, 3.63) is 47.2 Å². The predicted molar refractivity (Wildman–Crippen MR) is 150 cm³/mol. The Kier molecular flexibility index (Phi) is 12.6. The standard InChI is InChI=1S/C14H21NOS.C12H14F5N3O4S/c1-3-10-15(11-4-2)14(16)17-12-13-8-6-5-7-9-13;1-11(2)4-7(19-24-11)25(21,22)5-6-8(12(15,16)17)18-20(3)9(6)23-10(13)14/h5-9H,3-4,10-12H2,1-2H3;10H,4-5H2,1-3H3. The summed E-state index contributed by atoms with van der Waals surface area (Å²) in [5.74, 6) is -1.47. The SMILES string of the molecule is CCCN(CCC)C(=O)SCc1ccccc1.Cn1nc(C(F)(F)F)c(CS(=O)(=O)C2=NOC(C)(C)C2)c1OC(F)F.